The molecule has 1 aromatic rings. The maximum atomic E-state index is 12.2. The number of amides is 1. The van der Waals surface area contributed by atoms with Gasteiger partial charge in [-0.2, -0.15) is 0 Å². The number of benzene rings is 1. The monoisotopic (exact) mass is 277 g/mol. The summed E-state index contributed by atoms with van der Waals surface area (Å²) >= 11 is 0. The molecule has 0 unspecified atom stereocenters. The maximum absolute atomic E-state index is 12.2. The predicted octanol–water partition coefficient (Wildman–Crippen LogP) is 1.30. The zero-order chi connectivity index (χ0) is 14.5. The van der Waals surface area contributed by atoms with E-state index in [1.54, 1.807) is 12.1 Å². The lowest BCUT2D eigenvalue weighted by Crippen LogP contribution is -2.48. The molecule has 0 radical (unpaired) electrons. The normalized spacial score (nSPS) is 16.1. The molecule has 6 nitrogen and oxygen atoms in total. The van der Waals surface area contributed by atoms with Crippen LogP contribution in [0.25, 0.3) is 0 Å². The molecule has 0 spiro atoms. The van der Waals surface area contributed by atoms with Gasteiger partial charge in [0.2, 0.25) is 5.91 Å². The van der Waals surface area contributed by atoms with Gasteiger partial charge in [0, 0.05) is 38.3 Å². The molecule has 2 rings (SSSR count). The Balaban J connectivity index is 1.90. The van der Waals surface area contributed by atoms with Crippen molar-refractivity contribution in [2.45, 2.75) is 13.3 Å². The van der Waals surface area contributed by atoms with E-state index in [1.165, 1.54) is 12.1 Å². The average molecular weight is 277 g/mol. The molecule has 0 saturated carbocycles. The Hall–Kier alpha value is -1.95. The molecule has 1 amide bonds. The Bertz CT molecular complexity index is 479. The number of piperazine rings is 1. The Kier molecular flexibility index (Phi) is 4.68. The number of likely N-dealkylation sites (N-methyl/N-ethyl adjacent to an activating group) is 1. The summed E-state index contributed by atoms with van der Waals surface area (Å²) < 4.78 is 0. The van der Waals surface area contributed by atoms with Gasteiger partial charge >= 0.3 is 0 Å². The van der Waals surface area contributed by atoms with Crippen LogP contribution in [0.2, 0.25) is 0 Å². The van der Waals surface area contributed by atoms with E-state index >= 15 is 0 Å². The molecule has 0 aromatic heterocycles. The first kappa shape index (κ1) is 14.5. The maximum Gasteiger partial charge on any atom is 0.269 e. The van der Waals surface area contributed by atoms with Crippen LogP contribution in [-0.2, 0) is 11.2 Å². The fourth-order valence-corrected chi connectivity index (χ4v) is 2.34. The minimum Gasteiger partial charge on any atom is -0.340 e. The summed E-state index contributed by atoms with van der Waals surface area (Å²) in [5.74, 6) is 0.0922. The lowest BCUT2D eigenvalue weighted by Gasteiger charge is -2.34. The van der Waals surface area contributed by atoms with Crippen molar-refractivity contribution in [2.24, 2.45) is 0 Å². The fraction of sp³-hybridized carbons (Fsp3) is 0.500. The van der Waals surface area contributed by atoms with Gasteiger partial charge in [-0.3, -0.25) is 14.9 Å². The van der Waals surface area contributed by atoms with Crippen LogP contribution < -0.4 is 0 Å². The summed E-state index contributed by atoms with van der Waals surface area (Å²) in [6, 6.07) is 6.19. The van der Waals surface area contributed by atoms with Gasteiger partial charge in [0.25, 0.3) is 5.69 Å². The molecule has 108 valence electrons. The molecule has 0 aliphatic carbocycles. The molecular weight excluding hydrogens is 258 g/mol. The van der Waals surface area contributed by atoms with E-state index in [1.807, 2.05) is 4.90 Å². The molecule has 1 aliphatic rings. The largest absolute Gasteiger partial charge is 0.340 e. The van der Waals surface area contributed by atoms with Crippen molar-refractivity contribution in [3.05, 3.63) is 39.9 Å². The van der Waals surface area contributed by atoms with E-state index in [0.29, 0.717) is 6.42 Å². The Morgan fingerprint density at radius 3 is 2.30 bits per heavy atom. The number of nitro groups is 1. The highest BCUT2D eigenvalue weighted by molar-refractivity contribution is 5.79. The SMILES string of the molecule is CCN1CCN(C(=O)Cc2ccc([N+](=O)[O-])cc2)CC1. The van der Waals surface area contributed by atoms with Gasteiger partial charge in [0.15, 0.2) is 0 Å². The molecule has 0 atom stereocenters. The van der Waals surface area contributed by atoms with Crippen LogP contribution in [0.15, 0.2) is 24.3 Å². The van der Waals surface area contributed by atoms with E-state index in [4.69, 9.17) is 0 Å². The number of nitro benzene ring substituents is 1. The number of non-ortho nitro benzene ring substituents is 1. The highest BCUT2D eigenvalue weighted by Gasteiger charge is 2.20. The lowest BCUT2D eigenvalue weighted by atomic mass is 10.1. The zero-order valence-electron chi connectivity index (χ0n) is 11.6. The van der Waals surface area contributed by atoms with Crippen LogP contribution in [0, 0.1) is 10.1 Å². The van der Waals surface area contributed by atoms with Gasteiger partial charge in [-0.25, -0.2) is 0 Å². The van der Waals surface area contributed by atoms with E-state index in [-0.39, 0.29) is 11.6 Å². The predicted molar refractivity (Wildman–Crippen MR) is 75.5 cm³/mol. The minimum absolute atomic E-state index is 0.0535. The second-order valence-electron chi connectivity index (χ2n) is 4.92. The van der Waals surface area contributed by atoms with Crippen LogP contribution in [0.4, 0.5) is 5.69 Å². The second kappa shape index (κ2) is 6.47. The first-order chi connectivity index (χ1) is 9.60. The van der Waals surface area contributed by atoms with Gasteiger partial charge in [-0.15, -0.1) is 0 Å². The van der Waals surface area contributed by atoms with Crippen molar-refractivity contribution in [3.63, 3.8) is 0 Å². The summed E-state index contributed by atoms with van der Waals surface area (Å²) in [4.78, 5) is 26.5. The van der Waals surface area contributed by atoms with Crippen molar-refractivity contribution in [1.82, 2.24) is 9.80 Å². The number of carbonyl (C=O) groups is 1. The molecule has 20 heavy (non-hydrogen) atoms. The van der Waals surface area contributed by atoms with E-state index in [0.717, 1.165) is 38.3 Å². The Morgan fingerprint density at radius 1 is 1.20 bits per heavy atom. The van der Waals surface area contributed by atoms with Crippen LogP contribution >= 0.6 is 0 Å². The van der Waals surface area contributed by atoms with Crippen molar-refractivity contribution >= 4 is 11.6 Å². The van der Waals surface area contributed by atoms with Gasteiger partial charge in [0.1, 0.15) is 0 Å². The Labute approximate surface area is 118 Å². The first-order valence-corrected chi connectivity index (χ1v) is 6.83. The number of carbonyl (C=O) groups excluding carboxylic acids is 1. The molecule has 1 fully saturated rings. The molecule has 0 bridgehead atoms. The number of hydrogen-bond donors (Lipinski definition) is 0. The van der Waals surface area contributed by atoms with Crippen molar-refractivity contribution < 1.29 is 9.72 Å². The van der Waals surface area contributed by atoms with Gasteiger partial charge in [0.05, 0.1) is 11.3 Å². The third-order valence-corrected chi connectivity index (χ3v) is 3.67. The highest BCUT2D eigenvalue weighted by Crippen LogP contribution is 2.13. The molecule has 6 heteroatoms. The van der Waals surface area contributed by atoms with E-state index < -0.39 is 4.92 Å². The van der Waals surface area contributed by atoms with Crippen LogP contribution in [-0.4, -0.2) is 53.4 Å². The number of hydrogen-bond acceptors (Lipinski definition) is 4. The highest BCUT2D eigenvalue weighted by atomic mass is 16.6. The third-order valence-electron chi connectivity index (χ3n) is 3.67. The average Bonchev–Trinajstić information content (AvgIpc) is 2.48. The van der Waals surface area contributed by atoms with E-state index in [2.05, 4.69) is 11.8 Å². The van der Waals surface area contributed by atoms with E-state index in [9.17, 15) is 14.9 Å². The van der Waals surface area contributed by atoms with Crippen LogP contribution in [0.3, 0.4) is 0 Å². The molecule has 1 aromatic carbocycles. The second-order valence-corrected chi connectivity index (χ2v) is 4.92. The van der Waals surface area contributed by atoms with Crippen LogP contribution in [0.5, 0.6) is 0 Å². The standard InChI is InChI=1S/C14H19N3O3/c1-2-15-7-9-16(10-8-15)14(18)11-12-3-5-13(6-4-12)17(19)20/h3-6H,2,7-11H2,1H3. The van der Waals surface area contributed by atoms with Crippen LogP contribution in [0.1, 0.15) is 12.5 Å². The summed E-state index contributed by atoms with van der Waals surface area (Å²) in [6.45, 7) is 6.50. The third kappa shape index (κ3) is 3.54. The lowest BCUT2D eigenvalue weighted by molar-refractivity contribution is -0.384. The fourth-order valence-electron chi connectivity index (χ4n) is 2.34. The first-order valence-electron chi connectivity index (χ1n) is 6.83. The quantitative estimate of drug-likeness (QED) is 0.614. The minimum atomic E-state index is -0.435. The molecular formula is C14H19N3O3. The van der Waals surface area contributed by atoms with Gasteiger partial charge in [-0.05, 0) is 12.1 Å². The number of nitrogens with zero attached hydrogens (tertiary/aromatic N) is 3. The molecule has 1 heterocycles. The Morgan fingerprint density at radius 2 is 1.80 bits per heavy atom. The topological polar surface area (TPSA) is 66.7 Å². The van der Waals surface area contributed by atoms with Crippen molar-refractivity contribution in [1.29, 1.82) is 0 Å². The molecule has 1 aliphatic heterocycles. The molecule has 0 N–H and O–H groups in total. The van der Waals surface area contributed by atoms with Crippen molar-refractivity contribution in [3.8, 4) is 0 Å². The smallest absolute Gasteiger partial charge is 0.269 e. The van der Waals surface area contributed by atoms with Crippen molar-refractivity contribution in [2.75, 3.05) is 32.7 Å². The summed E-state index contributed by atoms with van der Waals surface area (Å²) in [6.07, 6.45) is 0.310. The summed E-state index contributed by atoms with van der Waals surface area (Å²) in [7, 11) is 0. The van der Waals surface area contributed by atoms with Gasteiger partial charge < -0.3 is 9.80 Å². The summed E-state index contributed by atoms with van der Waals surface area (Å²) in [5.41, 5.74) is 0.872. The zero-order valence-corrected chi connectivity index (χ0v) is 11.6. The van der Waals surface area contributed by atoms with Gasteiger partial charge in [-0.1, -0.05) is 19.1 Å². The summed E-state index contributed by atoms with van der Waals surface area (Å²) in [5, 5.41) is 10.6. The molecule has 1 saturated heterocycles. The number of rotatable bonds is 4.